The van der Waals surface area contributed by atoms with Crippen molar-refractivity contribution in [1.29, 1.82) is 0 Å². The Balaban J connectivity index is 1.54. The molecule has 1 aliphatic carbocycles. The number of hydrogen-bond acceptors (Lipinski definition) is 6. The molecule has 2 N–H and O–H groups in total. The summed E-state index contributed by atoms with van der Waals surface area (Å²) < 4.78 is 13.6. The van der Waals surface area contributed by atoms with E-state index in [1.165, 1.54) is 23.9 Å². The van der Waals surface area contributed by atoms with E-state index >= 15 is 0 Å². The second kappa shape index (κ2) is 10.5. The topological polar surface area (TPSA) is 81.4 Å². The van der Waals surface area contributed by atoms with Crippen molar-refractivity contribution in [2.45, 2.75) is 83.4 Å². The molecule has 188 valence electrons. The largest absolute Gasteiger partial charge is 0.491 e. The predicted octanol–water partition coefficient (Wildman–Crippen LogP) is 5.69. The fourth-order valence-electron chi connectivity index (χ4n) is 4.84. The van der Waals surface area contributed by atoms with Crippen molar-refractivity contribution in [2.75, 3.05) is 25.1 Å². The number of nitrogens with one attached hydrogen (secondary N) is 1. The van der Waals surface area contributed by atoms with Gasteiger partial charge in [-0.1, -0.05) is 25.5 Å². The molecule has 1 unspecified atom stereocenters. The number of rotatable bonds is 10. The van der Waals surface area contributed by atoms with Crippen molar-refractivity contribution in [3.8, 4) is 17.0 Å². The lowest BCUT2D eigenvalue weighted by Crippen LogP contribution is -2.28. The average molecular weight is 479 g/mol. The summed E-state index contributed by atoms with van der Waals surface area (Å²) in [7, 11) is 0. The summed E-state index contributed by atoms with van der Waals surface area (Å²) in [5.41, 5.74) is 5.14. The number of aliphatic hydroxyl groups excluding tert-OH is 1. The molecule has 0 amide bonds. The Morgan fingerprint density at radius 2 is 1.97 bits per heavy atom. The maximum Gasteiger partial charge on any atom is 0.161 e. The van der Waals surface area contributed by atoms with Crippen molar-refractivity contribution in [2.24, 2.45) is 0 Å². The summed E-state index contributed by atoms with van der Waals surface area (Å²) >= 11 is 0. The van der Waals surface area contributed by atoms with E-state index in [2.05, 4.69) is 42.9 Å². The van der Waals surface area contributed by atoms with Gasteiger partial charge in [-0.3, -0.25) is 0 Å². The lowest BCUT2D eigenvalue weighted by atomic mass is 10.0. The minimum Gasteiger partial charge on any atom is -0.491 e. The van der Waals surface area contributed by atoms with Gasteiger partial charge in [-0.2, -0.15) is 5.10 Å². The van der Waals surface area contributed by atoms with E-state index in [9.17, 15) is 5.11 Å². The van der Waals surface area contributed by atoms with Crippen molar-refractivity contribution in [3.63, 3.8) is 0 Å². The number of fused-ring (bicyclic) bond motifs is 1. The molecule has 1 aliphatic heterocycles. The smallest absolute Gasteiger partial charge is 0.161 e. The van der Waals surface area contributed by atoms with Crippen molar-refractivity contribution in [3.05, 3.63) is 36.0 Å². The van der Waals surface area contributed by atoms with E-state index in [1.807, 2.05) is 18.2 Å². The Labute approximate surface area is 207 Å². The van der Waals surface area contributed by atoms with Gasteiger partial charge in [0.1, 0.15) is 12.4 Å². The second-order valence-electron chi connectivity index (χ2n) is 10.3. The van der Waals surface area contributed by atoms with E-state index in [0.717, 1.165) is 67.2 Å². The van der Waals surface area contributed by atoms with Crippen LogP contribution in [-0.2, 0) is 4.74 Å². The van der Waals surface area contributed by atoms with Gasteiger partial charge in [-0.05, 0) is 64.2 Å². The Bertz CT molecular complexity index is 1150. The zero-order valence-corrected chi connectivity index (χ0v) is 21.2. The molecule has 1 atom stereocenters. The molecule has 5 rings (SSSR count). The minimum absolute atomic E-state index is 0.221. The van der Waals surface area contributed by atoms with E-state index in [-0.39, 0.29) is 6.04 Å². The summed E-state index contributed by atoms with van der Waals surface area (Å²) in [6, 6.07) is 10.8. The molecule has 7 nitrogen and oxygen atoms in total. The van der Waals surface area contributed by atoms with Crippen molar-refractivity contribution in [1.82, 2.24) is 14.8 Å². The Morgan fingerprint density at radius 3 is 2.69 bits per heavy atom. The van der Waals surface area contributed by atoms with Gasteiger partial charge in [0.05, 0.1) is 22.9 Å². The number of aliphatic hydroxyl groups is 1. The molecule has 1 saturated carbocycles. The Hall–Kier alpha value is -2.64. The third kappa shape index (κ3) is 5.46. The molecular formula is C28H38N4O3. The number of hydrogen-bond donors (Lipinski definition) is 2. The van der Waals surface area contributed by atoms with Gasteiger partial charge in [-0.15, -0.1) is 0 Å². The van der Waals surface area contributed by atoms with Crippen LogP contribution in [0.2, 0.25) is 0 Å². The van der Waals surface area contributed by atoms with E-state index < -0.39 is 6.10 Å². The molecule has 0 bridgehead atoms. The van der Waals surface area contributed by atoms with Crippen LogP contribution in [0, 0.1) is 0 Å². The van der Waals surface area contributed by atoms with Gasteiger partial charge in [0, 0.05) is 42.5 Å². The molecule has 1 saturated heterocycles. The zero-order valence-electron chi connectivity index (χ0n) is 21.2. The minimum atomic E-state index is -0.449. The second-order valence-corrected chi connectivity index (χ2v) is 10.3. The molecule has 3 aromatic rings. The van der Waals surface area contributed by atoms with Gasteiger partial charge in [0.2, 0.25) is 0 Å². The standard InChI is InChI=1S/C28H38N4O3/c1-4-6-22(33)17-35-23-8-5-7-20(15-23)24-16-25(29-21-11-13-34-14-12-21)26-27(19-9-10-19)31-32(18(2)3)28(26)30-24/h5,7-8,15-16,18-19,21-22,33H,4,6,9-14,17H2,1-3H3,(H,29,30). The average Bonchev–Trinajstić information content (AvgIpc) is 3.63. The first-order valence-corrected chi connectivity index (χ1v) is 13.2. The maximum atomic E-state index is 10.1. The van der Waals surface area contributed by atoms with Gasteiger partial charge in [0.25, 0.3) is 0 Å². The number of anilines is 1. The highest BCUT2D eigenvalue weighted by molar-refractivity contribution is 5.95. The van der Waals surface area contributed by atoms with E-state index in [1.54, 1.807) is 0 Å². The van der Waals surface area contributed by atoms with Crippen LogP contribution in [0.15, 0.2) is 30.3 Å². The molecule has 2 aromatic heterocycles. The predicted molar refractivity (Wildman–Crippen MR) is 139 cm³/mol. The first kappa shape index (κ1) is 24.1. The first-order chi connectivity index (χ1) is 17.0. The molecule has 1 aromatic carbocycles. The fraction of sp³-hybridized carbons (Fsp3) is 0.571. The Kier molecular flexibility index (Phi) is 7.25. The van der Waals surface area contributed by atoms with E-state index in [4.69, 9.17) is 19.6 Å². The zero-order chi connectivity index (χ0) is 24.4. The van der Waals surface area contributed by atoms with Crippen LogP contribution in [0.5, 0.6) is 5.75 Å². The monoisotopic (exact) mass is 478 g/mol. The molecule has 3 heterocycles. The number of pyridine rings is 1. The summed E-state index contributed by atoms with van der Waals surface area (Å²) in [6.45, 7) is 8.28. The van der Waals surface area contributed by atoms with Crippen LogP contribution < -0.4 is 10.1 Å². The number of ether oxygens (including phenoxy) is 2. The van der Waals surface area contributed by atoms with Gasteiger partial charge in [-0.25, -0.2) is 9.67 Å². The highest BCUT2D eigenvalue weighted by Gasteiger charge is 2.32. The Morgan fingerprint density at radius 1 is 1.17 bits per heavy atom. The van der Waals surface area contributed by atoms with Crippen molar-refractivity contribution < 1.29 is 14.6 Å². The van der Waals surface area contributed by atoms with Crippen molar-refractivity contribution >= 4 is 16.7 Å². The maximum absolute atomic E-state index is 10.1. The van der Waals surface area contributed by atoms with Crippen LogP contribution in [0.25, 0.3) is 22.3 Å². The molecule has 7 heteroatoms. The SMILES string of the molecule is CCCC(O)COc1cccc(-c2cc(NC3CCOCC3)c3c(C4CC4)nn(C(C)C)c3n2)c1. The van der Waals surface area contributed by atoms with Crippen LogP contribution in [0.1, 0.15) is 76.9 Å². The van der Waals surface area contributed by atoms with Gasteiger partial charge >= 0.3 is 0 Å². The summed E-state index contributed by atoms with van der Waals surface area (Å²) in [5.74, 6) is 1.28. The fourth-order valence-corrected chi connectivity index (χ4v) is 4.84. The summed E-state index contributed by atoms with van der Waals surface area (Å²) in [6.07, 6.45) is 5.62. The highest BCUT2D eigenvalue weighted by Crippen LogP contribution is 2.45. The first-order valence-electron chi connectivity index (χ1n) is 13.2. The molecular weight excluding hydrogens is 440 g/mol. The number of benzene rings is 1. The molecule has 2 fully saturated rings. The lowest BCUT2D eigenvalue weighted by Gasteiger charge is -2.25. The summed E-state index contributed by atoms with van der Waals surface area (Å²) in [5, 5.41) is 20.2. The summed E-state index contributed by atoms with van der Waals surface area (Å²) in [4.78, 5) is 5.15. The molecule has 0 radical (unpaired) electrons. The van der Waals surface area contributed by atoms with Crippen LogP contribution in [0.3, 0.4) is 0 Å². The normalized spacial score (nSPS) is 17.7. The van der Waals surface area contributed by atoms with Crippen LogP contribution >= 0.6 is 0 Å². The third-order valence-electron chi connectivity index (χ3n) is 6.92. The third-order valence-corrected chi connectivity index (χ3v) is 6.92. The van der Waals surface area contributed by atoms with Crippen LogP contribution in [-0.4, -0.2) is 51.8 Å². The van der Waals surface area contributed by atoms with Gasteiger partial charge < -0.3 is 19.9 Å². The molecule has 35 heavy (non-hydrogen) atoms. The lowest BCUT2D eigenvalue weighted by molar-refractivity contribution is 0.0905. The van der Waals surface area contributed by atoms with E-state index in [0.29, 0.717) is 18.6 Å². The molecule has 2 aliphatic rings. The highest BCUT2D eigenvalue weighted by atomic mass is 16.5. The van der Waals surface area contributed by atoms with Crippen LogP contribution in [0.4, 0.5) is 5.69 Å². The van der Waals surface area contributed by atoms with Gasteiger partial charge in [0.15, 0.2) is 5.65 Å². The number of nitrogens with zero attached hydrogens (tertiary/aromatic N) is 3. The number of aromatic nitrogens is 3. The quantitative estimate of drug-likeness (QED) is 0.390. The molecule has 0 spiro atoms.